The van der Waals surface area contributed by atoms with Crippen LogP contribution in [0, 0.1) is 11.8 Å². The monoisotopic (exact) mass is 707 g/mol. The maximum atomic E-state index is 12.0. The Balaban J connectivity index is 3.24. The largest absolute Gasteiger partial charge is 0.466 e. The van der Waals surface area contributed by atoms with Gasteiger partial charge < -0.3 is 9.47 Å². The molecule has 298 valence electrons. The molecule has 0 bridgehead atoms. The number of hydrogen-bond donors (Lipinski definition) is 0. The van der Waals surface area contributed by atoms with Gasteiger partial charge in [-0.25, -0.2) is 0 Å². The van der Waals surface area contributed by atoms with Gasteiger partial charge in [-0.05, 0) is 37.5 Å². The molecule has 0 atom stereocenters. The Morgan fingerprint density at radius 2 is 0.500 bits per heavy atom. The molecule has 0 saturated heterocycles. The molecule has 0 aromatic carbocycles. The van der Waals surface area contributed by atoms with Gasteiger partial charge in [0.1, 0.15) is 0 Å². The minimum absolute atomic E-state index is 0.0310. The van der Waals surface area contributed by atoms with Crippen molar-refractivity contribution in [1.29, 1.82) is 0 Å². The van der Waals surface area contributed by atoms with Crippen LogP contribution in [0.3, 0.4) is 0 Å². The summed E-state index contributed by atoms with van der Waals surface area (Å²) in [6, 6.07) is 0. The Bertz CT molecular complexity index is 630. The lowest BCUT2D eigenvalue weighted by molar-refractivity contribution is -0.144. The fourth-order valence-corrected chi connectivity index (χ4v) is 6.96. The molecular formula is C46H90O4. The SMILES string of the molecule is CC(C)CCCCCCCCCCCCCCCOC(=O)CCCCCCCCC(=O)OCCCCCCCCCCCCCCCC(C)C. The van der Waals surface area contributed by atoms with Crippen molar-refractivity contribution in [2.24, 2.45) is 11.8 Å². The molecule has 0 N–H and O–H groups in total. The predicted octanol–water partition coefficient (Wildman–Crippen LogP) is 15.4. The molecule has 0 spiro atoms. The smallest absolute Gasteiger partial charge is 0.305 e. The molecule has 0 aromatic heterocycles. The lowest BCUT2D eigenvalue weighted by Crippen LogP contribution is -2.06. The molecule has 4 nitrogen and oxygen atoms in total. The zero-order valence-corrected chi connectivity index (χ0v) is 34.7. The molecular weight excluding hydrogens is 617 g/mol. The Hall–Kier alpha value is -1.06. The highest BCUT2D eigenvalue weighted by molar-refractivity contribution is 5.69. The number of rotatable bonds is 41. The van der Waals surface area contributed by atoms with Crippen LogP contribution in [0.5, 0.6) is 0 Å². The fraction of sp³-hybridized carbons (Fsp3) is 0.957. The molecule has 0 aromatic rings. The predicted molar refractivity (Wildman–Crippen MR) is 218 cm³/mol. The molecule has 0 aliphatic carbocycles. The summed E-state index contributed by atoms with van der Waals surface area (Å²) in [7, 11) is 0. The van der Waals surface area contributed by atoms with E-state index in [1.54, 1.807) is 0 Å². The molecule has 0 amide bonds. The standard InChI is InChI=1S/C46H90O4/c1-43(2)37-31-25-19-15-11-7-5-9-13-17-23-29-35-41-49-45(47)39-33-27-21-22-28-34-40-46(48)50-42-36-30-24-18-14-10-6-8-12-16-20-26-32-38-44(3)4/h43-44H,5-42H2,1-4H3. The summed E-state index contributed by atoms with van der Waals surface area (Å²) in [6.07, 6.45) is 45.0. The number of unbranched alkanes of at least 4 members (excludes halogenated alkanes) is 29. The highest BCUT2D eigenvalue weighted by atomic mass is 16.5. The Morgan fingerprint density at radius 3 is 0.740 bits per heavy atom. The average molecular weight is 707 g/mol. The summed E-state index contributed by atoms with van der Waals surface area (Å²) in [5.41, 5.74) is 0. The number of carbonyl (C=O) groups is 2. The number of esters is 2. The van der Waals surface area contributed by atoms with Crippen molar-refractivity contribution < 1.29 is 19.1 Å². The third-order valence-corrected chi connectivity index (χ3v) is 10.4. The normalized spacial score (nSPS) is 11.6. The highest BCUT2D eigenvalue weighted by Crippen LogP contribution is 2.16. The second-order valence-electron chi connectivity index (χ2n) is 16.6. The van der Waals surface area contributed by atoms with Gasteiger partial charge in [-0.2, -0.15) is 0 Å². The van der Waals surface area contributed by atoms with E-state index in [9.17, 15) is 9.59 Å². The van der Waals surface area contributed by atoms with Crippen molar-refractivity contribution in [3.63, 3.8) is 0 Å². The maximum Gasteiger partial charge on any atom is 0.305 e. The summed E-state index contributed by atoms with van der Waals surface area (Å²) < 4.78 is 10.9. The molecule has 50 heavy (non-hydrogen) atoms. The van der Waals surface area contributed by atoms with Crippen LogP contribution < -0.4 is 0 Å². The quantitative estimate of drug-likeness (QED) is 0.0469. The Morgan fingerprint density at radius 1 is 0.300 bits per heavy atom. The van der Waals surface area contributed by atoms with E-state index in [2.05, 4.69) is 27.7 Å². The Labute approximate surface area is 314 Å². The zero-order valence-electron chi connectivity index (χ0n) is 34.7. The highest BCUT2D eigenvalue weighted by Gasteiger charge is 2.05. The molecule has 4 heteroatoms. The summed E-state index contributed by atoms with van der Waals surface area (Å²) in [5.74, 6) is 1.66. The van der Waals surface area contributed by atoms with E-state index < -0.39 is 0 Å². The fourth-order valence-electron chi connectivity index (χ4n) is 6.96. The van der Waals surface area contributed by atoms with Gasteiger partial charge in [-0.3, -0.25) is 9.59 Å². The van der Waals surface area contributed by atoms with E-state index in [0.29, 0.717) is 26.1 Å². The zero-order chi connectivity index (χ0) is 36.6. The molecule has 0 heterocycles. The molecule has 0 aliphatic heterocycles. The van der Waals surface area contributed by atoms with Crippen LogP contribution in [0.25, 0.3) is 0 Å². The number of ether oxygens (including phenoxy) is 2. The first kappa shape index (κ1) is 48.9. The van der Waals surface area contributed by atoms with Crippen molar-refractivity contribution in [2.75, 3.05) is 13.2 Å². The van der Waals surface area contributed by atoms with Crippen molar-refractivity contribution in [3.05, 3.63) is 0 Å². The van der Waals surface area contributed by atoms with Gasteiger partial charge in [-0.1, -0.05) is 220 Å². The molecule has 0 radical (unpaired) electrons. The van der Waals surface area contributed by atoms with Gasteiger partial charge in [0.25, 0.3) is 0 Å². The summed E-state index contributed by atoms with van der Waals surface area (Å²) in [5, 5.41) is 0. The van der Waals surface area contributed by atoms with Crippen LogP contribution in [0.2, 0.25) is 0 Å². The maximum absolute atomic E-state index is 12.0. The molecule has 0 unspecified atom stereocenters. The third-order valence-electron chi connectivity index (χ3n) is 10.4. The molecule has 0 aliphatic rings. The lowest BCUT2D eigenvalue weighted by Gasteiger charge is -2.06. The lowest BCUT2D eigenvalue weighted by atomic mass is 10.0. The molecule has 0 fully saturated rings. The average Bonchev–Trinajstić information content (AvgIpc) is 3.08. The van der Waals surface area contributed by atoms with E-state index in [1.165, 1.54) is 167 Å². The number of carbonyl (C=O) groups excluding carboxylic acids is 2. The van der Waals surface area contributed by atoms with E-state index >= 15 is 0 Å². The van der Waals surface area contributed by atoms with Gasteiger partial charge >= 0.3 is 11.9 Å². The van der Waals surface area contributed by atoms with E-state index in [1.807, 2.05) is 0 Å². The second-order valence-corrected chi connectivity index (χ2v) is 16.6. The minimum Gasteiger partial charge on any atom is -0.466 e. The van der Waals surface area contributed by atoms with Gasteiger partial charge in [-0.15, -0.1) is 0 Å². The molecule has 0 saturated carbocycles. The van der Waals surface area contributed by atoms with Crippen LogP contribution >= 0.6 is 0 Å². The van der Waals surface area contributed by atoms with E-state index in [-0.39, 0.29) is 11.9 Å². The molecule has 0 rings (SSSR count). The summed E-state index contributed by atoms with van der Waals surface area (Å²) in [6.45, 7) is 10.5. The van der Waals surface area contributed by atoms with E-state index in [4.69, 9.17) is 9.47 Å². The topological polar surface area (TPSA) is 52.6 Å². The first-order chi connectivity index (χ1) is 24.4. The van der Waals surface area contributed by atoms with Crippen molar-refractivity contribution in [1.82, 2.24) is 0 Å². The minimum atomic E-state index is -0.0310. The van der Waals surface area contributed by atoms with Crippen LogP contribution in [0.1, 0.15) is 259 Å². The van der Waals surface area contributed by atoms with Gasteiger partial charge in [0.2, 0.25) is 0 Å². The second kappa shape index (κ2) is 40.7. The van der Waals surface area contributed by atoms with Crippen molar-refractivity contribution >= 4 is 11.9 Å². The van der Waals surface area contributed by atoms with Crippen LogP contribution in [0.4, 0.5) is 0 Å². The number of hydrogen-bond acceptors (Lipinski definition) is 4. The third kappa shape index (κ3) is 43.1. The van der Waals surface area contributed by atoms with Crippen molar-refractivity contribution in [2.45, 2.75) is 259 Å². The van der Waals surface area contributed by atoms with Crippen molar-refractivity contribution in [3.8, 4) is 0 Å². The Kier molecular flexibility index (Phi) is 39.8. The van der Waals surface area contributed by atoms with Crippen LogP contribution in [0.15, 0.2) is 0 Å². The first-order valence-corrected chi connectivity index (χ1v) is 22.7. The summed E-state index contributed by atoms with van der Waals surface area (Å²) >= 11 is 0. The van der Waals surface area contributed by atoms with E-state index in [0.717, 1.165) is 63.2 Å². The first-order valence-electron chi connectivity index (χ1n) is 22.7. The van der Waals surface area contributed by atoms with Gasteiger partial charge in [0.05, 0.1) is 13.2 Å². The van der Waals surface area contributed by atoms with Gasteiger partial charge in [0.15, 0.2) is 0 Å². The van der Waals surface area contributed by atoms with Gasteiger partial charge in [0, 0.05) is 12.8 Å². The van der Waals surface area contributed by atoms with Crippen LogP contribution in [-0.4, -0.2) is 25.2 Å². The van der Waals surface area contributed by atoms with Crippen LogP contribution in [-0.2, 0) is 19.1 Å². The summed E-state index contributed by atoms with van der Waals surface area (Å²) in [4.78, 5) is 24.0.